The first-order valence-electron chi connectivity index (χ1n) is 10.2. The molecule has 1 N–H and O–H groups in total. The minimum absolute atomic E-state index is 0.277. The molecule has 28 heavy (non-hydrogen) atoms. The maximum Gasteiger partial charge on any atom is 0.139 e. The van der Waals surface area contributed by atoms with E-state index in [9.17, 15) is 4.79 Å². The van der Waals surface area contributed by atoms with Crippen LogP contribution < -0.4 is 5.32 Å². The number of likely N-dealkylation sites (tertiary alicyclic amines) is 1. The Hall–Kier alpha value is -2.53. The lowest BCUT2D eigenvalue weighted by molar-refractivity contribution is -0.119. The molecule has 0 saturated carbocycles. The topological polar surface area (TPSA) is 57.6 Å². The molecule has 2 aliphatic rings. The van der Waals surface area contributed by atoms with Gasteiger partial charge in [0.25, 0.3) is 0 Å². The van der Waals surface area contributed by atoms with Crippen LogP contribution in [0.5, 0.6) is 0 Å². The fraction of sp³-hybridized carbons (Fsp3) is 0.435. The standard InChI is InChI=1S/C23H28N4O/c1-3-24-23-21-13-25-19(9-17(21)12-26-23)11-20(28)10-18-14-27(2)15-22(18)16-7-5-4-6-8-16/h4-9,13,18,22H,3,10-12,14-15H2,1-2H3,(H,24,26)/t18-,22+/m1/s1. The second-order valence-corrected chi connectivity index (χ2v) is 7.95. The number of Topliss-reactive ketones (excluding diaryl/α,β-unsaturated/α-hetero) is 1. The Balaban J connectivity index is 1.41. The Labute approximate surface area is 166 Å². The van der Waals surface area contributed by atoms with Gasteiger partial charge in [0.1, 0.15) is 11.6 Å². The van der Waals surface area contributed by atoms with Gasteiger partial charge in [-0.1, -0.05) is 30.3 Å². The number of nitrogens with zero attached hydrogens (tertiary/aromatic N) is 3. The summed E-state index contributed by atoms with van der Waals surface area (Å²) in [6.45, 7) is 5.57. The Bertz CT molecular complexity index is 877. The Morgan fingerprint density at radius 1 is 1.25 bits per heavy atom. The summed E-state index contributed by atoms with van der Waals surface area (Å²) < 4.78 is 0. The maximum absolute atomic E-state index is 12.8. The molecular weight excluding hydrogens is 348 g/mol. The second kappa shape index (κ2) is 8.23. The van der Waals surface area contributed by atoms with Crippen molar-refractivity contribution in [2.24, 2.45) is 10.9 Å². The van der Waals surface area contributed by atoms with Gasteiger partial charge in [0.15, 0.2) is 0 Å². The smallest absolute Gasteiger partial charge is 0.139 e. The van der Waals surface area contributed by atoms with Crippen molar-refractivity contribution in [2.45, 2.75) is 32.2 Å². The first-order valence-corrected chi connectivity index (χ1v) is 10.2. The molecule has 2 atom stereocenters. The number of likely N-dealkylation sites (N-methyl/N-ethyl adjacent to an activating group) is 1. The largest absolute Gasteiger partial charge is 0.370 e. The van der Waals surface area contributed by atoms with Crippen LogP contribution in [0.25, 0.3) is 0 Å². The van der Waals surface area contributed by atoms with Crippen LogP contribution in [-0.4, -0.2) is 48.2 Å². The molecule has 3 heterocycles. The molecule has 2 aliphatic heterocycles. The first-order chi connectivity index (χ1) is 13.6. The van der Waals surface area contributed by atoms with Crippen molar-refractivity contribution in [3.05, 3.63) is 65.0 Å². The summed E-state index contributed by atoms with van der Waals surface area (Å²) in [4.78, 5) is 24.2. The van der Waals surface area contributed by atoms with Gasteiger partial charge in [0.05, 0.1) is 6.54 Å². The number of benzene rings is 1. The average molecular weight is 377 g/mol. The van der Waals surface area contributed by atoms with Crippen LogP contribution in [0.1, 0.15) is 41.6 Å². The van der Waals surface area contributed by atoms with E-state index in [1.54, 1.807) is 0 Å². The zero-order valence-corrected chi connectivity index (χ0v) is 16.7. The molecule has 0 aliphatic carbocycles. The molecule has 1 aromatic carbocycles. The summed E-state index contributed by atoms with van der Waals surface area (Å²) in [6.07, 6.45) is 2.88. The number of carbonyl (C=O) groups excluding carboxylic acids is 1. The number of aliphatic imine (C=N–C) groups is 1. The molecule has 1 saturated heterocycles. The number of ketones is 1. The third kappa shape index (κ3) is 3.99. The Kier molecular flexibility index (Phi) is 5.53. The predicted molar refractivity (Wildman–Crippen MR) is 112 cm³/mol. The Morgan fingerprint density at radius 2 is 2.07 bits per heavy atom. The zero-order chi connectivity index (χ0) is 19.5. The fourth-order valence-electron chi connectivity index (χ4n) is 4.49. The van der Waals surface area contributed by atoms with E-state index in [1.165, 1.54) is 5.56 Å². The van der Waals surface area contributed by atoms with Crippen molar-refractivity contribution in [3.63, 3.8) is 0 Å². The molecule has 4 rings (SSSR count). The molecule has 5 nitrogen and oxygen atoms in total. The summed E-state index contributed by atoms with van der Waals surface area (Å²) in [5, 5.41) is 3.27. The van der Waals surface area contributed by atoms with E-state index in [2.05, 4.69) is 64.5 Å². The molecule has 0 amide bonds. The van der Waals surface area contributed by atoms with Crippen LogP contribution in [0.3, 0.4) is 0 Å². The van der Waals surface area contributed by atoms with Crippen LogP contribution in [-0.2, 0) is 17.8 Å². The van der Waals surface area contributed by atoms with E-state index >= 15 is 0 Å². The quantitative estimate of drug-likeness (QED) is 0.842. The second-order valence-electron chi connectivity index (χ2n) is 7.95. The predicted octanol–water partition coefficient (Wildman–Crippen LogP) is 2.80. The number of rotatable bonds is 6. The van der Waals surface area contributed by atoms with E-state index in [-0.39, 0.29) is 5.78 Å². The van der Waals surface area contributed by atoms with Gasteiger partial charge in [-0.15, -0.1) is 0 Å². The highest BCUT2D eigenvalue weighted by Gasteiger charge is 2.33. The van der Waals surface area contributed by atoms with Gasteiger partial charge in [-0.2, -0.15) is 0 Å². The minimum atomic E-state index is 0.277. The molecule has 0 bridgehead atoms. The van der Waals surface area contributed by atoms with Crippen molar-refractivity contribution in [3.8, 4) is 0 Å². The summed E-state index contributed by atoms with van der Waals surface area (Å²) >= 11 is 0. The molecule has 5 heteroatoms. The number of carbonyl (C=O) groups is 1. The van der Waals surface area contributed by atoms with E-state index in [0.717, 1.165) is 42.3 Å². The molecule has 2 aromatic rings. The van der Waals surface area contributed by atoms with Crippen molar-refractivity contribution in [1.29, 1.82) is 0 Å². The van der Waals surface area contributed by atoms with E-state index in [1.807, 2.05) is 12.3 Å². The summed E-state index contributed by atoms with van der Waals surface area (Å²) in [5.41, 5.74) is 4.43. The number of pyridine rings is 1. The molecular formula is C23H28N4O. The molecule has 0 unspecified atom stereocenters. The number of hydrogen-bond donors (Lipinski definition) is 1. The minimum Gasteiger partial charge on any atom is -0.370 e. The molecule has 146 valence electrons. The van der Waals surface area contributed by atoms with Crippen LogP contribution >= 0.6 is 0 Å². The van der Waals surface area contributed by atoms with Crippen LogP contribution in [0.2, 0.25) is 0 Å². The molecule has 1 fully saturated rings. The highest BCUT2D eigenvalue weighted by Crippen LogP contribution is 2.34. The number of fused-ring (bicyclic) bond motifs is 1. The summed E-state index contributed by atoms with van der Waals surface area (Å²) in [5.74, 6) is 2.00. The highest BCUT2D eigenvalue weighted by atomic mass is 16.1. The van der Waals surface area contributed by atoms with E-state index < -0.39 is 0 Å². The van der Waals surface area contributed by atoms with Crippen molar-refractivity contribution >= 4 is 11.6 Å². The van der Waals surface area contributed by atoms with Crippen molar-refractivity contribution < 1.29 is 4.79 Å². The summed E-state index contributed by atoms with van der Waals surface area (Å²) in [6, 6.07) is 12.6. The van der Waals surface area contributed by atoms with Gasteiger partial charge in [0, 0.05) is 55.8 Å². The van der Waals surface area contributed by atoms with Crippen molar-refractivity contribution in [2.75, 3.05) is 26.7 Å². The lowest BCUT2D eigenvalue weighted by atomic mass is 9.85. The van der Waals surface area contributed by atoms with E-state index in [0.29, 0.717) is 31.2 Å². The van der Waals surface area contributed by atoms with Gasteiger partial charge in [0.2, 0.25) is 0 Å². The lowest BCUT2D eigenvalue weighted by Crippen LogP contribution is -2.22. The highest BCUT2D eigenvalue weighted by molar-refractivity contribution is 6.01. The van der Waals surface area contributed by atoms with Crippen molar-refractivity contribution in [1.82, 2.24) is 15.2 Å². The van der Waals surface area contributed by atoms with Gasteiger partial charge in [-0.3, -0.25) is 14.8 Å². The van der Waals surface area contributed by atoms with Gasteiger partial charge >= 0.3 is 0 Å². The normalized spacial score (nSPS) is 21.4. The number of hydrogen-bond acceptors (Lipinski definition) is 5. The molecule has 1 aromatic heterocycles. The number of amidine groups is 1. The number of aromatic nitrogens is 1. The SMILES string of the molecule is CCNC1=NCc2cc(CC(=O)C[C@@H]3CN(C)C[C@H]3c3ccccc3)ncc21. The monoisotopic (exact) mass is 376 g/mol. The first kappa shape index (κ1) is 18.8. The van der Waals surface area contributed by atoms with Crippen LogP contribution in [0.15, 0.2) is 47.6 Å². The number of nitrogens with one attached hydrogen (secondary N) is 1. The Morgan fingerprint density at radius 3 is 2.86 bits per heavy atom. The lowest BCUT2D eigenvalue weighted by Gasteiger charge is -2.18. The maximum atomic E-state index is 12.8. The third-order valence-electron chi connectivity index (χ3n) is 5.77. The zero-order valence-electron chi connectivity index (χ0n) is 16.7. The van der Waals surface area contributed by atoms with Crippen LogP contribution in [0, 0.1) is 5.92 Å². The van der Waals surface area contributed by atoms with E-state index in [4.69, 9.17) is 0 Å². The van der Waals surface area contributed by atoms with Gasteiger partial charge < -0.3 is 10.2 Å². The molecule has 0 radical (unpaired) electrons. The average Bonchev–Trinajstić information content (AvgIpc) is 3.25. The van der Waals surface area contributed by atoms with Crippen LogP contribution in [0.4, 0.5) is 0 Å². The fourth-order valence-corrected chi connectivity index (χ4v) is 4.49. The van der Waals surface area contributed by atoms with Gasteiger partial charge in [-0.25, -0.2) is 0 Å². The van der Waals surface area contributed by atoms with Gasteiger partial charge in [-0.05, 0) is 37.1 Å². The molecule has 0 spiro atoms. The third-order valence-corrected chi connectivity index (χ3v) is 5.77. The summed E-state index contributed by atoms with van der Waals surface area (Å²) in [7, 11) is 2.14.